The van der Waals surface area contributed by atoms with Crippen molar-refractivity contribution in [2.45, 2.75) is 20.4 Å². The van der Waals surface area contributed by atoms with Crippen molar-refractivity contribution in [2.75, 3.05) is 0 Å². The van der Waals surface area contributed by atoms with Crippen LogP contribution in [0.4, 0.5) is 0 Å². The van der Waals surface area contributed by atoms with Gasteiger partial charge in [0.2, 0.25) is 0 Å². The van der Waals surface area contributed by atoms with Crippen LogP contribution in [0.25, 0.3) is 0 Å². The average molecular weight is 353 g/mol. The van der Waals surface area contributed by atoms with E-state index in [1.807, 2.05) is 37.4 Å². The number of hydrogen-bond acceptors (Lipinski definition) is 3. The molecule has 1 aromatic carbocycles. The molecule has 2 amide bonds. The minimum Gasteiger partial charge on any atom is -0.343 e. The SMILES string of the molecule is Cc1cc(C(=O)NNC(=O)c2ccccc2)c(C)n1Cc1cccs1. The third kappa shape index (κ3) is 3.80. The Hall–Kier alpha value is -2.86. The first-order chi connectivity index (χ1) is 12.1. The van der Waals surface area contributed by atoms with Crippen molar-refractivity contribution in [3.63, 3.8) is 0 Å². The number of nitrogens with zero attached hydrogens (tertiary/aromatic N) is 1. The number of nitrogens with one attached hydrogen (secondary N) is 2. The summed E-state index contributed by atoms with van der Waals surface area (Å²) < 4.78 is 2.10. The van der Waals surface area contributed by atoms with Crippen LogP contribution in [0.1, 0.15) is 37.0 Å². The van der Waals surface area contributed by atoms with Gasteiger partial charge < -0.3 is 4.57 Å². The largest absolute Gasteiger partial charge is 0.343 e. The highest BCUT2D eigenvalue weighted by Crippen LogP contribution is 2.19. The normalized spacial score (nSPS) is 10.5. The van der Waals surface area contributed by atoms with Gasteiger partial charge in [0, 0.05) is 21.8 Å². The third-order valence-corrected chi connectivity index (χ3v) is 4.90. The van der Waals surface area contributed by atoms with Crippen LogP contribution in [0.2, 0.25) is 0 Å². The summed E-state index contributed by atoms with van der Waals surface area (Å²) in [6, 6.07) is 14.7. The summed E-state index contributed by atoms with van der Waals surface area (Å²) in [5, 5.41) is 2.04. The van der Waals surface area contributed by atoms with E-state index in [0.29, 0.717) is 11.1 Å². The smallest absolute Gasteiger partial charge is 0.271 e. The van der Waals surface area contributed by atoms with E-state index < -0.39 is 0 Å². The quantitative estimate of drug-likeness (QED) is 0.707. The van der Waals surface area contributed by atoms with Gasteiger partial charge in [-0.2, -0.15) is 0 Å². The zero-order valence-corrected chi connectivity index (χ0v) is 14.9. The van der Waals surface area contributed by atoms with Gasteiger partial charge in [-0.1, -0.05) is 24.3 Å². The van der Waals surface area contributed by atoms with E-state index in [1.165, 1.54) is 4.88 Å². The Morgan fingerprint density at radius 3 is 2.40 bits per heavy atom. The van der Waals surface area contributed by atoms with E-state index in [-0.39, 0.29) is 11.8 Å². The first-order valence-corrected chi connectivity index (χ1v) is 8.79. The van der Waals surface area contributed by atoms with Gasteiger partial charge in [0.25, 0.3) is 11.8 Å². The zero-order chi connectivity index (χ0) is 17.8. The first kappa shape index (κ1) is 17.0. The molecule has 5 nitrogen and oxygen atoms in total. The zero-order valence-electron chi connectivity index (χ0n) is 14.1. The standard InChI is InChI=1S/C19H19N3O2S/c1-13-11-17(14(2)22(13)12-16-9-6-10-25-16)19(24)21-20-18(23)15-7-4-3-5-8-15/h3-11H,12H2,1-2H3,(H,20,23)(H,21,24). The molecule has 2 N–H and O–H groups in total. The number of hydrazine groups is 1. The van der Waals surface area contributed by atoms with Crippen molar-refractivity contribution in [2.24, 2.45) is 0 Å². The summed E-state index contributed by atoms with van der Waals surface area (Å²) in [5.41, 5.74) is 7.87. The van der Waals surface area contributed by atoms with Crippen molar-refractivity contribution < 1.29 is 9.59 Å². The Bertz CT molecular complexity index is 883. The lowest BCUT2D eigenvalue weighted by molar-refractivity contribution is 0.0846. The summed E-state index contributed by atoms with van der Waals surface area (Å²) in [5.74, 6) is -0.670. The first-order valence-electron chi connectivity index (χ1n) is 7.91. The summed E-state index contributed by atoms with van der Waals surface area (Å²) in [7, 11) is 0. The molecule has 0 bridgehead atoms. The Kier molecular flexibility index (Phi) is 5.00. The van der Waals surface area contributed by atoms with Crippen molar-refractivity contribution >= 4 is 23.2 Å². The molecule has 2 heterocycles. The van der Waals surface area contributed by atoms with Crippen LogP contribution in [0.3, 0.4) is 0 Å². The van der Waals surface area contributed by atoms with Crippen molar-refractivity contribution in [3.05, 3.63) is 81.3 Å². The van der Waals surface area contributed by atoms with Crippen LogP contribution in [0.5, 0.6) is 0 Å². The molecule has 0 spiro atoms. The molecular weight excluding hydrogens is 334 g/mol. The molecule has 0 fully saturated rings. The van der Waals surface area contributed by atoms with Gasteiger partial charge >= 0.3 is 0 Å². The maximum atomic E-state index is 12.4. The number of carbonyl (C=O) groups excluding carboxylic acids is 2. The lowest BCUT2D eigenvalue weighted by atomic mass is 10.2. The predicted octanol–water partition coefficient (Wildman–Crippen LogP) is 3.29. The van der Waals surface area contributed by atoms with E-state index in [0.717, 1.165) is 17.9 Å². The molecule has 0 aliphatic carbocycles. The fraction of sp³-hybridized carbons (Fsp3) is 0.158. The lowest BCUT2D eigenvalue weighted by Crippen LogP contribution is -2.41. The maximum absolute atomic E-state index is 12.4. The van der Waals surface area contributed by atoms with E-state index >= 15 is 0 Å². The monoisotopic (exact) mass is 353 g/mol. The highest BCUT2D eigenvalue weighted by molar-refractivity contribution is 7.09. The lowest BCUT2D eigenvalue weighted by Gasteiger charge is -2.09. The topological polar surface area (TPSA) is 63.1 Å². The van der Waals surface area contributed by atoms with Crippen LogP contribution in [-0.4, -0.2) is 16.4 Å². The Morgan fingerprint density at radius 2 is 1.72 bits per heavy atom. The van der Waals surface area contributed by atoms with Gasteiger partial charge in [0.15, 0.2) is 0 Å². The summed E-state index contributed by atoms with van der Waals surface area (Å²) in [4.78, 5) is 25.7. The van der Waals surface area contributed by atoms with Crippen molar-refractivity contribution in [3.8, 4) is 0 Å². The molecule has 0 aliphatic rings. The fourth-order valence-electron chi connectivity index (χ4n) is 2.68. The molecule has 2 aromatic heterocycles. The molecule has 0 saturated heterocycles. The Balaban J connectivity index is 1.69. The van der Waals surface area contributed by atoms with Crippen molar-refractivity contribution in [1.82, 2.24) is 15.4 Å². The summed E-state index contributed by atoms with van der Waals surface area (Å²) in [6.45, 7) is 4.62. The van der Waals surface area contributed by atoms with E-state index in [4.69, 9.17) is 0 Å². The van der Waals surface area contributed by atoms with Gasteiger partial charge in [-0.15, -0.1) is 11.3 Å². The molecule has 25 heavy (non-hydrogen) atoms. The van der Waals surface area contributed by atoms with E-state index in [1.54, 1.807) is 35.6 Å². The molecule has 0 unspecified atom stereocenters. The molecule has 0 radical (unpaired) electrons. The fourth-order valence-corrected chi connectivity index (χ4v) is 3.37. The number of aryl methyl sites for hydroxylation is 1. The molecule has 128 valence electrons. The number of benzene rings is 1. The van der Waals surface area contributed by atoms with Gasteiger partial charge in [-0.3, -0.25) is 20.4 Å². The molecule has 0 aliphatic heterocycles. The number of rotatable bonds is 4. The van der Waals surface area contributed by atoms with Gasteiger partial charge in [-0.25, -0.2) is 0 Å². The van der Waals surface area contributed by atoms with E-state index in [2.05, 4.69) is 21.5 Å². The number of carbonyl (C=O) groups is 2. The number of hydrogen-bond donors (Lipinski definition) is 2. The number of aromatic nitrogens is 1. The number of thiophene rings is 1. The second kappa shape index (κ2) is 7.36. The number of amides is 2. The molecule has 6 heteroatoms. The molecule has 3 aromatic rings. The Labute approximate surface area is 150 Å². The second-order valence-corrected chi connectivity index (χ2v) is 6.76. The Morgan fingerprint density at radius 1 is 1.00 bits per heavy atom. The van der Waals surface area contributed by atoms with Crippen LogP contribution in [0.15, 0.2) is 53.9 Å². The minimum absolute atomic E-state index is 0.324. The average Bonchev–Trinajstić information content (AvgIpc) is 3.24. The van der Waals surface area contributed by atoms with Crippen LogP contribution in [0, 0.1) is 13.8 Å². The molecule has 0 atom stereocenters. The second-order valence-electron chi connectivity index (χ2n) is 5.72. The van der Waals surface area contributed by atoms with E-state index in [9.17, 15) is 9.59 Å². The minimum atomic E-state index is -0.346. The van der Waals surface area contributed by atoms with Gasteiger partial charge in [-0.05, 0) is 43.5 Å². The third-order valence-electron chi connectivity index (χ3n) is 4.04. The van der Waals surface area contributed by atoms with Crippen LogP contribution < -0.4 is 10.9 Å². The van der Waals surface area contributed by atoms with Crippen LogP contribution in [-0.2, 0) is 6.54 Å². The highest BCUT2D eigenvalue weighted by Gasteiger charge is 2.17. The van der Waals surface area contributed by atoms with Gasteiger partial charge in [0.05, 0.1) is 12.1 Å². The maximum Gasteiger partial charge on any atom is 0.271 e. The molecular formula is C19H19N3O2S. The predicted molar refractivity (Wildman–Crippen MR) is 98.7 cm³/mol. The highest BCUT2D eigenvalue weighted by atomic mass is 32.1. The molecule has 3 rings (SSSR count). The molecule has 0 saturated carbocycles. The van der Waals surface area contributed by atoms with Crippen LogP contribution >= 0.6 is 11.3 Å². The van der Waals surface area contributed by atoms with Gasteiger partial charge in [0.1, 0.15) is 0 Å². The van der Waals surface area contributed by atoms with Crippen molar-refractivity contribution in [1.29, 1.82) is 0 Å². The summed E-state index contributed by atoms with van der Waals surface area (Å²) in [6.07, 6.45) is 0. The summed E-state index contributed by atoms with van der Waals surface area (Å²) >= 11 is 1.69.